The maximum Gasteiger partial charge on any atom is 0.240 e. The zero-order valence-electron chi connectivity index (χ0n) is 15.6. The van der Waals surface area contributed by atoms with E-state index in [0.29, 0.717) is 22.7 Å². The molecule has 7 heteroatoms. The van der Waals surface area contributed by atoms with Crippen LogP contribution in [0.15, 0.2) is 47.6 Å². The number of nitrogens with one attached hydrogen (secondary N) is 2. The van der Waals surface area contributed by atoms with E-state index < -0.39 is 0 Å². The molecule has 2 rings (SSSR count). The van der Waals surface area contributed by atoms with Gasteiger partial charge in [-0.1, -0.05) is 12.1 Å². The lowest BCUT2D eigenvalue weighted by Gasteiger charge is -2.07. The molecule has 0 aromatic heterocycles. The molecule has 0 aliphatic carbocycles. The van der Waals surface area contributed by atoms with Gasteiger partial charge in [-0.05, 0) is 36.8 Å². The van der Waals surface area contributed by atoms with Crippen molar-refractivity contribution in [3.8, 4) is 11.5 Å². The van der Waals surface area contributed by atoms with Gasteiger partial charge in [0, 0.05) is 30.2 Å². The van der Waals surface area contributed by atoms with E-state index in [1.165, 1.54) is 13.3 Å². The number of aryl methyl sites for hydroxylation is 1. The number of hydrogen-bond donors (Lipinski definition) is 2. The third kappa shape index (κ3) is 6.47. The quantitative estimate of drug-likeness (QED) is 0.553. The fourth-order valence-electron chi connectivity index (χ4n) is 2.33. The summed E-state index contributed by atoms with van der Waals surface area (Å²) in [5.74, 6) is 0.659. The van der Waals surface area contributed by atoms with Gasteiger partial charge in [-0.15, -0.1) is 0 Å². The smallest absolute Gasteiger partial charge is 0.240 e. The number of nitrogens with zero attached hydrogens (tertiary/aromatic N) is 1. The van der Waals surface area contributed by atoms with E-state index in [1.807, 2.05) is 25.1 Å². The lowest BCUT2D eigenvalue weighted by Crippen LogP contribution is -2.20. The summed E-state index contributed by atoms with van der Waals surface area (Å²) in [6.07, 6.45) is 1.58. The fraction of sp³-hybridized carbons (Fsp3) is 0.250. The molecule has 0 heterocycles. The van der Waals surface area contributed by atoms with Crippen LogP contribution < -0.4 is 20.2 Å². The monoisotopic (exact) mass is 369 g/mol. The number of hydrogen-bond acceptors (Lipinski definition) is 5. The molecule has 142 valence electrons. The predicted octanol–water partition coefficient (Wildman–Crippen LogP) is 2.88. The molecule has 2 aromatic rings. The Labute approximate surface area is 158 Å². The number of methoxy groups -OCH3 is 2. The van der Waals surface area contributed by atoms with Crippen molar-refractivity contribution in [2.75, 3.05) is 19.5 Å². The average molecular weight is 369 g/mol. The summed E-state index contributed by atoms with van der Waals surface area (Å²) in [5, 5.41) is 6.66. The van der Waals surface area contributed by atoms with E-state index in [1.54, 1.807) is 31.4 Å². The molecule has 0 fully saturated rings. The van der Waals surface area contributed by atoms with Crippen molar-refractivity contribution in [2.24, 2.45) is 5.10 Å². The number of amides is 2. The number of rotatable bonds is 8. The van der Waals surface area contributed by atoms with Crippen LogP contribution in [0.4, 0.5) is 5.69 Å². The first-order valence-corrected chi connectivity index (χ1v) is 8.42. The Hall–Kier alpha value is -3.35. The zero-order valence-corrected chi connectivity index (χ0v) is 15.6. The molecule has 2 amide bonds. The summed E-state index contributed by atoms with van der Waals surface area (Å²) in [4.78, 5) is 23.8. The van der Waals surface area contributed by atoms with E-state index >= 15 is 0 Å². The van der Waals surface area contributed by atoms with Crippen LogP contribution in [0.2, 0.25) is 0 Å². The van der Waals surface area contributed by atoms with Crippen molar-refractivity contribution in [1.82, 2.24) is 5.43 Å². The molecular weight excluding hydrogens is 346 g/mol. The number of anilines is 1. The minimum Gasteiger partial charge on any atom is -0.497 e. The van der Waals surface area contributed by atoms with Gasteiger partial charge >= 0.3 is 0 Å². The van der Waals surface area contributed by atoms with Crippen LogP contribution in [0, 0.1) is 6.92 Å². The summed E-state index contributed by atoms with van der Waals surface area (Å²) < 4.78 is 10.4. The van der Waals surface area contributed by atoms with Crippen molar-refractivity contribution in [1.29, 1.82) is 0 Å². The van der Waals surface area contributed by atoms with E-state index in [-0.39, 0.29) is 24.7 Å². The molecule has 0 atom stereocenters. The second-order valence-electron chi connectivity index (χ2n) is 5.82. The van der Waals surface area contributed by atoms with E-state index in [9.17, 15) is 9.59 Å². The SMILES string of the molecule is COc1ccc(/C=N/NC(=O)CCC(=O)Nc2cccc(C)c2)c(OC)c1. The van der Waals surface area contributed by atoms with Gasteiger partial charge in [0.05, 0.1) is 20.4 Å². The molecule has 2 aromatic carbocycles. The van der Waals surface area contributed by atoms with Gasteiger partial charge in [0.15, 0.2) is 0 Å². The second kappa shape index (κ2) is 9.96. The Morgan fingerprint density at radius 2 is 1.81 bits per heavy atom. The minimum atomic E-state index is -0.349. The number of ether oxygens (including phenoxy) is 2. The van der Waals surface area contributed by atoms with Gasteiger partial charge in [0.25, 0.3) is 0 Å². The molecular formula is C20H23N3O4. The highest BCUT2D eigenvalue weighted by molar-refractivity contribution is 5.93. The Kier molecular flexibility index (Phi) is 7.37. The van der Waals surface area contributed by atoms with Crippen molar-refractivity contribution in [2.45, 2.75) is 19.8 Å². The van der Waals surface area contributed by atoms with Gasteiger partial charge in [0.2, 0.25) is 11.8 Å². The summed E-state index contributed by atoms with van der Waals surface area (Å²) in [6.45, 7) is 1.94. The third-order valence-corrected chi connectivity index (χ3v) is 3.71. The van der Waals surface area contributed by atoms with Crippen LogP contribution in [0.3, 0.4) is 0 Å². The molecule has 0 radical (unpaired) electrons. The normalized spacial score (nSPS) is 10.5. The highest BCUT2D eigenvalue weighted by atomic mass is 16.5. The van der Waals surface area contributed by atoms with Crippen molar-refractivity contribution >= 4 is 23.7 Å². The molecule has 0 saturated carbocycles. The van der Waals surface area contributed by atoms with E-state index in [4.69, 9.17) is 9.47 Å². The Balaban J connectivity index is 1.80. The lowest BCUT2D eigenvalue weighted by atomic mass is 10.2. The third-order valence-electron chi connectivity index (χ3n) is 3.71. The van der Waals surface area contributed by atoms with Crippen molar-refractivity contribution < 1.29 is 19.1 Å². The number of hydrazone groups is 1. The van der Waals surface area contributed by atoms with Crippen molar-refractivity contribution in [3.05, 3.63) is 53.6 Å². The van der Waals surface area contributed by atoms with Crippen LogP contribution >= 0.6 is 0 Å². The first-order valence-electron chi connectivity index (χ1n) is 8.42. The lowest BCUT2D eigenvalue weighted by molar-refractivity contribution is -0.124. The minimum absolute atomic E-state index is 0.0364. The standard InChI is InChI=1S/C20H23N3O4/c1-14-5-4-6-16(11-14)22-19(24)9-10-20(25)23-21-13-15-7-8-17(26-2)12-18(15)27-3/h4-8,11-13H,9-10H2,1-3H3,(H,22,24)(H,23,25)/b21-13+. The summed E-state index contributed by atoms with van der Waals surface area (Å²) >= 11 is 0. The van der Waals surface area contributed by atoms with E-state index in [0.717, 1.165) is 5.56 Å². The van der Waals surface area contributed by atoms with Crippen LogP contribution in [-0.4, -0.2) is 32.2 Å². The maximum atomic E-state index is 11.9. The number of carbonyl (C=O) groups is 2. The fourth-order valence-corrected chi connectivity index (χ4v) is 2.33. The molecule has 0 spiro atoms. The predicted molar refractivity (Wildman–Crippen MR) is 104 cm³/mol. The Morgan fingerprint density at radius 3 is 2.52 bits per heavy atom. The molecule has 0 aliphatic heterocycles. The van der Waals surface area contributed by atoms with Crippen molar-refractivity contribution in [3.63, 3.8) is 0 Å². The van der Waals surface area contributed by atoms with Gasteiger partial charge in [-0.2, -0.15) is 5.10 Å². The van der Waals surface area contributed by atoms with E-state index in [2.05, 4.69) is 15.8 Å². The molecule has 2 N–H and O–H groups in total. The summed E-state index contributed by atoms with van der Waals surface area (Å²) in [6, 6.07) is 12.7. The topological polar surface area (TPSA) is 89.0 Å². The van der Waals surface area contributed by atoms with Crippen LogP contribution in [0.25, 0.3) is 0 Å². The molecule has 0 aliphatic rings. The highest BCUT2D eigenvalue weighted by Crippen LogP contribution is 2.22. The number of carbonyl (C=O) groups excluding carboxylic acids is 2. The second-order valence-corrected chi connectivity index (χ2v) is 5.82. The summed E-state index contributed by atoms with van der Waals surface area (Å²) in [5.41, 5.74) is 4.86. The summed E-state index contributed by atoms with van der Waals surface area (Å²) in [7, 11) is 3.11. The largest absolute Gasteiger partial charge is 0.497 e. The Bertz CT molecular complexity index is 834. The molecule has 0 saturated heterocycles. The number of benzene rings is 2. The zero-order chi connectivity index (χ0) is 19.6. The van der Waals surface area contributed by atoms with Gasteiger partial charge in [0.1, 0.15) is 11.5 Å². The first kappa shape index (κ1) is 20.0. The van der Waals surface area contributed by atoms with Crippen LogP contribution in [0.5, 0.6) is 11.5 Å². The van der Waals surface area contributed by atoms with Gasteiger partial charge in [-0.3, -0.25) is 9.59 Å². The van der Waals surface area contributed by atoms with Gasteiger partial charge < -0.3 is 14.8 Å². The maximum absolute atomic E-state index is 11.9. The molecule has 27 heavy (non-hydrogen) atoms. The van der Waals surface area contributed by atoms with Crippen LogP contribution in [-0.2, 0) is 9.59 Å². The Morgan fingerprint density at radius 1 is 1.04 bits per heavy atom. The van der Waals surface area contributed by atoms with Crippen LogP contribution in [0.1, 0.15) is 24.0 Å². The molecule has 0 bridgehead atoms. The highest BCUT2D eigenvalue weighted by Gasteiger charge is 2.07. The average Bonchev–Trinajstić information content (AvgIpc) is 2.66. The molecule has 0 unspecified atom stereocenters. The molecule has 7 nitrogen and oxygen atoms in total. The van der Waals surface area contributed by atoms with Gasteiger partial charge in [-0.25, -0.2) is 5.43 Å². The first-order chi connectivity index (χ1) is 13.0.